The van der Waals surface area contributed by atoms with E-state index in [0.29, 0.717) is 34.9 Å². The van der Waals surface area contributed by atoms with Gasteiger partial charge in [0.2, 0.25) is 5.91 Å². The zero-order valence-electron chi connectivity index (χ0n) is 18.5. The van der Waals surface area contributed by atoms with E-state index in [2.05, 4.69) is 5.32 Å². The number of cyclic esters (lactones) is 1. The second-order valence-corrected chi connectivity index (χ2v) is 8.00. The number of carbonyl (C=O) groups excluding carboxylic acids is 2. The number of hydrogen-bond donors (Lipinski definition) is 2. The molecular weight excluding hydrogens is 434 g/mol. The summed E-state index contributed by atoms with van der Waals surface area (Å²) >= 11 is 5.91. The number of esters is 1. The lowest BCUT2D eigenvalue weighted by atomic mass is 9.94. The number of phenolic OH excluding ortho intramolecular Hbond substituents is 1. The molecule has 1 aliphatic rings. The molecule has 1 aliphatic heterocycles. The molecule has 7 nitrogen and oxygen atoms in total. The van der Waals surface area contributed by atoms with Crippen molar-refractivity contribution < 1.29 is 28.9 Å². The van der Waals surface area contributed by atoms with Crippen LogP contribution in [-0.4, -0.2) is 31.2 Å². The van der Waals surface area contributed by atoms with Crippen molar-refractivity contribution in [1.82, 2.24) is 0 Å². The number of amides is 1. The summed E-state index contributed by atoms with van der Waals surface area (Å²) < 4.78 is 16.4. The van der Waals surface area contributed by atoms with E-state index in [1.54, 1.807) is 13.2 Å². The molecule has 32 heavy (non-hydrogen) atoms. The van der Waals surface area contributed by atoms with E-state index >= 15 is 0 Å². The number of fused-ring (bicyclic) bond motifs is 1. The highest BCUT2D eigenvalue weighted by Crippen LogP contribution is 2.42. The Morgan fingerprint density at radius 3 is 2.66 bits per heavy atom. The summed E-state index contributed by atoms with van der Waals surface area (Å²) in [6, 6.07) is 4.47. The average molecular weight is 460 g/mol. The minimum absolute atomic E-state index is 0.0419. The fraction of sp³-hybridized carbons (Fsp3) is 0.333. The second kappa shape index (κ2) is 9.96. The Morgan fingerprint density at radius 2 is 1.97 bits per heavy atom. The Kier molecular flexibility index (Phi) is 7.30. The maximum absolute atomic E-state index is 12.3. The highest BCUT2D eigenvalue weighted by atomic mass is 35.5. The molecule has 170 valence electrons. The highest BCUT2D eigenvalue weighted by molar-refractivity contribution is 6.31. The molecule has 0 spiro atoms. The van der Waals surface area contributed by atoms with E-state index in [1.807, 2.05) is 19.9 Å². The quantitative estimate of drug-likeness (QED) is 0.329. The summed E-state index contributed by atoms with van der Waals surface area (Å²) in [5.41, 5.74) is 4.12. The normalized spacial score (nSPS) is 12.9. The number of anilines is 1. The largest absolute Gasteiger partial charge is 0.506 e. The Balaban J connectivity index is 1.73. The summed E-state index contributed by atoms with van der Waals surface area (Å²) in [5, 5.41) is 12.9. The number of ether oxygens (including phenoxy) is 3. The van der Waals surface area contributed by atoms with Gasteiger partial charge >= 0.3 is 5.97 Å². The Bertz CT molecular complexity index is 1090. The Labute approximate surface area is 191 Å². The molecule has 3 rings (SSSR count). The number of benzene rings is 2. The number of hydrogen-bond acceptors (Lipinski definition) is 6. The van der Waals surface area contributed by atoms with E-state index in [1.165, 1.54) is 19.2 Å². The molecule has 1 heterocycles. The van der Waals surface area contributed by atoms with Gasteiger partial charge in [-0.3, -0.25) is 4.79 Å². The highest BCUT2D eigenvalue weighted by Gasteiger charge is 2.32. The first-order valence-corrected chi connectivity index (χ1v) is 10.5. The zero-order chi connectivity index (χ0) is 23.4. The second-order valence-electron chi connectivity index (χ2n) is 7.56. The first-order chi connectivity index (χ1) is 15.3. The van der Waals surface area contributed by atoms with Crippen LogP contribution in [0, 0.1) is 6.92 Å². The van der Waals surface area contributed by atoms with Crippen LogP contribution in [0.25, 0.3) is 0 Å². The standard InChI is InChI=1S/C24H26ClNO6/c1-13(6-10-20(28)26-18-11-15(25)7-9-19(18)27)5-8-16-22(30-3)14(2)17-12-32-24(29)21(17)23(16)31-4/h5,7,9,11,27H,6,8,10,12H2,1-4H3,(H,26,28). The van der Waals surface area contributed by atoms with Crippen molar-refractivity contribution in [2.75, 3.05) is 19.5 Å². The maximum atomic E-state index is 12.3. The molecule has 0 saturated heterocycles. The molecule has 0 saturated carbocycles. The SMILES string of the molecule is COc1c(C)c2c(c(OC)c1CC=C(C)CCC(=O)Nc1cc(Cl)ccc1O)C(=O)OC2. The number of methoxy groups -OCH3 is 2. The van der Waals surface area contributed by atoms with Crippen LogP contribution in [0.4, 0.5) is 5.69 Å². The van der Waals surface area contributed by atoms with Gasteiger partial charge in [-0.2, -0.15) is 0 Å². The topological polar surface area (TPSA) is 94.1 Å². The van der Waals surface area contributed by atoms with Crippen molar-refractivity contribution in [3.05, 3.63) is 57.1 Å². The van der Waals surface area contributed by atoms with Crippen LogP contribution in [0.5, 0.6) is 17.2 Å². The van der Waals surface area contributed by atoms with Crippen LogP contribution in [0.3, 0.4) is 0 Å². The first-order valence-electron chi connectivity index (χ1n) is 10.1. The van der Waals surface area contributed by atoms with Gasteiger partial charge in [-0.05, 0) is 50.5 Å². The minimum atomic E-state index is -0.398. The van der Waals surface area contributed by atoms with Crippen molar-refractivity contribution in [1.29, 1.82) is 0 Å². The Hall–Kier alpha value is -3.19. The van der Waals surface area contributed by atoms with E-state index < -0.39 is 5.97 Å². The van der Waals surface area contributed by atoms with Crippen molar-refractivity contribution in [3.8, 4) is 17.2 Å². The van der Waals surface area contributed by atoms with Gasteiger partial charge < -0.3 is 24.6 Å². The predicted octanol–water partition coefficient (Wildman–Crippen LogP) is 4.95. The lowest BCUT2D eigenvalue weighted by Gasteiger charge is -2.18. The van der Waals surface area contributed by atoms with Gasteiger partial charge in [0.05, 0.1) is 19.9 Å². The molecule has 0 aromatic heterocycles. The molecule has 0 bridgehead atoms. The van der Waals surface area contributed by atoms with Crippen molar-refractivity contribution in [3.63, 3.8) is 0 Å². The first kappa shape index (κ1) is 23.5. The summed E-state index contributed by atoms with van der Waals surface area (Å²) in [5.74, 6) is 0.451. The number of carbonyl (C=O) groups is 2. The molecule has 2 aromatic carbocycles. The molecule has 0 unspecified atom stereocenters. The van der Waals surface area contributed by atoms with Crippen molar-refractivity contribution in [2.45, 2.75) is 39.7 Å². The lowest BCUT2D eigenvalue weighted by Crippen LogP contribution is -2.11. The third kappa shape index (κ3) is 4.83. The van der Waals surface area contributed by atoms with Gasteiger partial charge in [0.25, 0.3) is 0 Å². The summed E-state index contributed by atoms with van der Waals surface area (Å²) in [6.07, 6.45) is 3.20. The molecule has 2 N–H and O–H groups in total. The minimum Gasteiger partial charge on any atom is -0.506 e. The molecule has 8 heteroatoms. The molecule has 0 fully saturated rings. The maximum Gasteiger partial charge on any atom is 0.342 e. The number of halogens is 1. The van der Waals surface area contributed by atoms with Crippen molar-refractivity contribution >= 4 is 29.2 Å². The van der Waals surface area contributed by atoms with Crippen LogP contribution in [0.1, 0.15) is 46.8 Å². The average Bonchev–Trinajstić information content (AvgIpc) is 3.15. The van der Waals surface area contributed by atoms with Crippen LogP contribution in [-0.2, 0) is 22.6 Å². The van der Waals surface area contributed by atoms with Gasteiger partial charge in [0.1, 0.15) is 29.4 Å². The summed E-state index contributed by atoms with van der Waals surface area (Å²) in [4.78, 5) is 24.5. The fourth-order valence-electron chi connectivity index (χ4n) is 3.75. The van der Waals surface area contributed by atoms with Crippen LogP contribution in [0.15, 0.2) is 29.8 Å². The molecular formula is C24H26ClNO6. The van der Waals surface area contributed by atoms with Gasteiger partial charge in [-0.25, -0.2) is 4.79 Å². The number of nitrogens with one attached hydrogen (secondary N) is 1. The van der Waals surface area contributed by atoms with Crippen LogP contribution < -0.4 is 14.8 Å². The predicted molar refractivity (Wildman–Crippen MR) is 122 cm³/mol. The molecule has 1 amide bonds. The fourth-order valence-corrected chi connectivity index (χ4v) is 3.92. The third-order valence-corrected chi connectivity index (χ3v) is 5.70. The van der Waals surface area contributed by atoms with E-state index in [4.69, 9.17) is 25.8 Å². The van der Waals surface area contributed by atoms with Gasteiger partial charge in [0, 0.05) is 22.6 Å². The zero-order valence-corrected chi connectivity index (χ0v) is 19.3. The van der Waals surface area contributed by atoms with Crippen molar-refractivity contribution in [2.24, 2.45) is 0 Å². The van der Waals surface area contributed by atoms with Crippen LogP contribution in [0.2, 0.25) is 5.02 Å². The molecule has 0 atom stereocenters. The van der Waals surface area contributed by atoms with E-state index in [-0.39, 0.29) is 30.4 Å². The molecule has 0 aliphatic carbocycles. The van der Waals surface area contributed by atoms with Crippen LogP contribution >= 0.6 is 11.6 Å². The van der Waals surface area contributed by atoms with E-state index in [0.717, 1.165) is 22.3 Å². The van der Waals surface area contributed by atoms with Gasteiger partial charge in [0.15, 0.2) is 0 Å². The number of rotatable bonds is 8. The number of allylic oxidation sites excluding steroid dienone is 2. The smallest absolute Gasteiger partial charge is 0.342 e. The molecule has 2 aromatic rings. The summed E-state index contributed by atoms with van der Waals surface area (Å²) in [7, 11) is 3.10. The molecule has 0 radical (unpaired) electrons. The Morgan fingerprint density at radius 1 is 1.25 bits per heavy atom. The van der Waals surface area contributed by atoms with Gasteiger partial charge in [-0.1, -0.05) is 23.3 Å². The monoisotopic (exact) mass is 459 g/mol. The lowest BCUT2D eigenvalue weighted by molar-refractivity contribution is -0.116. The summed E-state index contributed by atoms with van der Waals surface area (Å²) in [6.45, 7) is 4.03. The third-order valence-electron chi connectivity index (χ3n) is 5.46. The number of aromatic hydroxyl groups is 1. The van der Waals surface area contributed by atoms with Gasteiger partial charge in [-0.15, -0.1) is 0 Å². The van der Waals surface area contributed by atoms with E-state index in [9.17, 15) is 14.7 Å². The number of phenols is 1.